The van der Waals surface area contributed by atoms with Crippen molar-refractivity contribution in [2.45, 2.75) is 59.9 Å². The van der Waals surface area contributed by atoms with E-state index in [0.717, 1.165) is 94.2 Å². The fourth-order valence-corrected chi connectivity index (χ4v) is 7.08. The molecule has 1 aliphatic rings. The molecule has 5 N–H and O–H groups in total. The van der Waals surface area contributed by atoms with Gasteiger partial charge in [-0.25, -0.2) is 0 Å². The van der Waals surface area contributed by atoms with Crippen LogP contribution in [0.2, 0.25) is 0 Å². The number of nitrogens with zero attached hydrogens (tertiary/aromatic N) is 1. The number of hydrogen-bond donors (Lipinski definition) is 5. The number of nitrogens with one attached hydrogen (secondary N) is 3. The monoisotopic (exact) mass is 654 g/mol. The van der Waals surface area contributed by atoms with Crippen molar-refractivity contribution in [3.05, 3.63) is 138 Å². The van der Waals surface area contributed by atoms with Crippen LogP contribution in [0, 0.1) is 27.7 Å². The first-order valence-corrected chi connectivity index (χ1v) is 16.5. The van der Waals surface area contributed by atoms with Gasteiger partial charge in [0.05, 0.1) is 5.69 Å². The van der Waals surface area contributed by atoms with Crippen LogP contribution in [0.4, 0.5) is 0 Å². The summed E-state index contributed by atoms with van der Waals surface area (Å²) in [5, 5.41) is 22.7. The SMILES string of the molecule is C=Cc1c(C)c2n(Cc3ccccc3)c1C=c1[nH]c(c(C=C)c1C)=Cc1[nH]c(c(CCC(=O)O)c1C)C=c1[nH]c(c(C)c1CCC(=O)O)=C2. The predicted molar refractivity (Wildman–Crippen MR) is 196 cm³/mol. The smallest absolute Gasteiger partial charge is 0.303 e. The van der Waals surface area contributed by atoms with Crippen LogP contribution in [0.5, 0.6) is 0 Å². The minimum atomic E-state index is -0.869. The molecule has 0 spiro atoms. The lowest BCUT2D eigenvalue weighted by Crippen LogP contribution is -2.15. The number of carboxylic acid groups (broad SMARTS) is 2. The van der Waals surface area contributed by atoms with Crippen LogP contribution in [-0.4, -0.2) is 41.7 Å². The summed E-state index contributed by atoms with van der Waals surface area (Å²) < 4.78 is 2.32. The number of carboxylic acids is 2. The summed E-state index contributed by atoms with van der Waals surface area (Å²) in [6.07, 6.45) is 12.8. The molecule has 8 nitrogen and oxygen atoms in total. The van der Waals surface area contributed by atoms with E-state index in [9.17, 15) is 19.8 Å². The molecule has 4 aromatic heterocycles. The third kappa shape index (κ3) is 6.29. The van der Waals surface area contributed by atoms with Gasteiger partial charge < -0.3 is 29.7 Å². The number of carbonyl (C=O) groups is 2. The molecule has 0 fully saturated rings. The lowest BCUT2D eigenvalue weighted by Gasteiger charge is -2.11. The number of H-pyrrole nitrogens is 3. The average molecular weight is 655 g/mol. The van der Waals surface area contributed by atoms with E-state index in [2.05, 4.69) is 76.9 Å². The number of rotatable bonds is 10. The second kappa shape index (κ2) is 13.4. The van der Waals surface area contributed by atoms with Gasteiger partial charge >= 0.3 is 11.9 Å². The first-order valence-electron chi connectivity index (χ1n) is 16.5. The molecule has 0 atom stereocenters. The van der Waals surface area contributed by atoms with Crippen molar-refractivity contribution >= 4 is 48.4 Å². The number of aliphatic carboxylic acids is 2. The highest BCUT2D eigenvalue weighted by molar-refractivity contribution is 5.73. The largest absolute Gasteiger partial charge is 0.481 e. The van der Waals surface area contributed by atoms with Gasteiger partial charge in [-0.15, -0.1) is 0 Å². The maximum absolute atomic E-state index is 11.8. The predicted octanol–water partition coefficient (Wildman–Crippen LogP) is 4.70. The number of hydrogen-bond acceptors (Lipinski definition) is 2. The average Bonchev–Trinajstić information content (AvgIpc) is 3.71. The van der Waals surface area contributed by atoms with Gasteiger partial charge in [0.2, 0.25) is 0 Å². The van der Waals surface area contributed by atoms with Crippen LogP contribution in [0.3, 0.4) is 0 Å². The molecular formula is C41H42N4O4. The van der Waals surface area contributed by atoms with Gasteiger partial charge in [0.15, 0.2) is 0 Å². The Kier molecular flexibility index (Phi) is 9.06. The van der Waals surface area contributed by atoms with Gasteiger partial charge in [-0.2, -0.15) is 0 Å². The summed E-state index contributed by atoms with van der Waals surface area (Å²) >= 11 is 0. The minimum absolute atomic E-state index is 0.0162. The Bertz CT molecular complexity index is 2390. The highest BCUT2D eigenvalue weighted by atomic mass is 16.4. The Hall–Kier alpha value is -5.76. The van der Waals surface area contributed by atoms with E-state index < -0.39 is 11.9 Å². The van der Waals surface area contributed by atoms with E-state index in [0.29, 0.717) is 19.4 Å². The summed E-state index contributed by atoms with van der Waals surface area (Å²) in [5.41, 5.74) is 12.7. The summed E-state index contributed by atoms with van der Waals surface area (Å²) in [5.74, 6) is -1.74. The molecule has 6 rings (SSSR count). The molecule has 1 aromatic carbocycles. The second-order valence-corrected chi connectivity index (χ2v) is 12.8. The molecule has 8 bridgehead atoms. The Balaban J connectivity index is 1.77. The lowest BCUT2D eigenvalue weighted by atomic mass is 10.0. The molecule has 0 aliphatic carbocycles. The Morgan fingerprint density at radius 2 is 1.24 bits per heavy atom. The summed E-state index contributed by atoms with van der Waals surface area (Å²) in [4.78, 5) is 34.3. The second-order valence-electron chi connectivity index (χ2n) is 12.8. The zero-order valence-electron chi connectivity index (χ0n) is 28.5. The molecule has 0 unspecified atom stereocenters. The molecule has 0 saturated heterocycles. The number of aromatic amines is 3. The van der Waals surface area contributed by atoms with Gasteiger partial charge in [0, 0.05) is 69.0 Å². The molecule has 250 valence electrons. The molecule has 0 amide bonds. The van der Waals surface area contributed by atoms with Crippen molar-refractivity contribution in [3.8, 4) is 0 Å². The summed E-state index contributed by atoms with van der Waals surface area (Å²) in [6.45, 7) is 17.2. The van der Waals surface area contributed by atoms with E-state index >= 15 is 0 Å². The zero-order chi connectivity index (χ0) is 35.0. The third-order valence-electron chi connectivity index (χ3n) is 9.82. The van der Waals surface area contributed by atoms with Crippen LogP contribution >= 0.6 is 0 Å². The summed E-state index contributed by atoms with van der Waals surface area (Å²) in [7, 11) is 0. The standard InChI is InChI=1S/C41H42N4O4/c1-7-28-23(3)34-21-39-29(8-2)26(6)38(45(39)22-27-12-10-9-11-13-27)20-33-25(5)31(15-17-41(48)49)37(44-33)19-36-30(14-16-40(46)47)24(4)32(42-36)18-35(28)43-34/h7-13,18-21,42-44H,1-2,14-17,22H2,3-6H3,(H,46,47)(H,48,49). The first-order chi connectivity index (χ1) is 23.5. The van der Waals surface area contributed by atoms with Crippen LogP contribution < -0.4 is 21.4 Å². The van der Waals surface area contributed by atoms with Crippen molar-refractivity contribution in [1.82, 2.24) is 19.5 Å². The van der Waals surface area contributed by atoms with Crippen molar-refractivity contribution in [3.63, 3.8) is 0 Å². The topological polar surface area (TPSA) is 127 Å². The van der Waals surface area contributed by atoms with E-state index in [-0.39, 0.29) is 12.8 Å². The van der Waals surface area contributed by atoms with E-state index in [4.69, 9.17) is 0 Å². The van der Waals surface area contributed by atoms with Gasteiger partial charge in [0.1, 0.15) is 0 Å². The molecular weight excluding hydrogens is 612 g/mol. The Labute approximate surface area is 284 Å². The quantitative estimate of drug-likeness (QED) is 0.147. The van der Waals surface area contributed by atoms with Gasteiger partial charge in [-0.1, -0.05) is 55.6 Å². The van der Waals surface area contributed by atoms with Crippen LogP contribution in [0.1, 0.15) is 85.7 Å². The van der Waals surface area contributed by atoms with Crippen molar-refractivity contribution < 1.29 is 19.8 Å². The van der Waals surface area contributed by atoms with E-state index in [1.165, 1.54) is 0 Å². The van der Waals surface area contributed by atoms with Crippen LogP contribution in [-0.2, 0) is 29.0 Å². The van der Waals surface area contributed by atoms with E-state index in [1.54, 1.807) is 0 Å². The zero-order valence-corrected chi connectivity index (χ0v) is 28.5. The fraction of sp³-hybridized carbons (Fsp3) is 0.220. The molecule has 5 aromatic rings. The normalized spacial score (nSPS) is 12.0. The number of aromatic nitrogens is 4. The highest BCUT2D eigenvalue weighted by Crippen LogP contribution is 2.27. The molecule has 49 heavy (non-hydrogen) atoms. The van der Waals surface area contributed by atoms with Gasteiger partial charge in [0.25, 0.3) is 0 Å². The van der Waals surface area contributed by atoms with Gasteiger partial charge in [-0.05, 0) is 104 Å². The van der Waals surface area contributed by atoms with Gasteiger partial charge in [-0.3, -0.25) is 9.59 Å². The third-order valence-corrected chi connectivity index (χ3v) is 9.82. The number of fused-ring (bicyclic) bond motifs is 8. The lowest BCUT2D eigenvalue weighted by molar-refractivity contribution is -0.138. The molecule has 8 heteroatoms. The maximum Gasteiger partial charge on any atom is 0.303 e. The van der Waals surface area contributed by atoms with Crippen LogP contribution in [0.25, 0.3) is 36.5 Å². The fourth-order valence-electron chi connectivity index (χ4n) is 7.08. The van der Waals surface area contributed by atoms with Crippen LogP contribution in [0.15, 0.2) is 43.5 Å². The number of benzene rings is 1. The van der Waals surface area contributed by atoms with Crippen molar-refractivity contribution in [2.24, 2.45) is 0 Å². The Morgan fingerprint density at radius 1 is 0.653 bits per heavy atom. The molecule has 0 radical (unpaired) electrons. The molecule has 1 aliphatic heterocycles. The molecule has 0 saturated carbocycles. The molecule has 5 heterocycles. The first kappa shape index (κ1) is 33.2. The summed E-state index contributed by atoms with van der Waals surface area (Å²) in [6, 6.07) is 10.3. The van der Waals surface area contributed by atoms with Crippen molar-refractivity contribution in [1.29, 1.82) is 0 Å². The maximum atomic E-state index is 11.8. The van der Waals surface area contributed by atoms with E-state index in [1.807, 2.05) is 50.3 Å². The highest BCUT2D eigenvalue weighted by Gasteiger charge is 2.20. The van der Waals surface area contributed by atoms with Crippen molar-refractivity contribution in [2.75, 3.05) is 0 Å². The minimum Gasteiger partial charge on any atom is -0.481 e. The Morgan fingerprint density at radius 3 is 1.90 bits per heavy atom.